The molecule has 0 saturated heterocycles. The minimum absolute atomic E-state index is 0.149. The van der Waals surface area contributed by atoms with E-state index >= 15 is 0 Å². The first-order valence-corrected chi connectivity index (χ1v) is 12.9. The van der Waals surface area contributed by atoms with Crippen LogP contribution in [0.15, 0.2) is 40.9 Å². The summed E-state index contributed by atoms with van der Waals surface area (Å²) in [7, 11) is 0. The van der Waals surface area contributed by atoms with Crippen LogP contribution in [-0.4, -0.2) is 23.5 Å². The fourth-order valence-corrected chi connectivity index (χ4v) is 6.10. The summed E-state index contributed by atoms with van der Waals surface area (Å²) in [5.74, 6) is 1.03. The van der Waals surface area contributed by atoms with Crippen LogP contribution in [0.2, 0.25) is 0 Å². The maximum atomic E-state index is 12.8. The number of esters is 1. The molecule has 2 atom stereocenters. The molecule has 4 rings (SSSR count). The highest BCUT2D eigenvalue weighted by molar-refractivity contribution is 7.12. The van der Waals surface area contributed by atoms with Crippen molar-refractivity contribution in [2.45, 2.75) is 64.7 Å². The molecule has 3 aromatic rings. The monoisotopic (exact) mass is 490 g/mol. The number of aryl methyl sites for hydroxylation is 2. The molecular formula is C28H30N2O4S. The second-order valence-corrected chi connectivity index (χ2v) is 10.6. The molecule has 35 heavy (non-hydrogen) atoms. The van der Waals surface area contributed by atoms with Crippen molar-refractivity contribution < 1.29 is 18.8 Å². The number of fused-ring (bicyclic) bond motifs is 1. The van der Waals surface area contributed by atoms with Crippen LogP contribution in [0, 0.1) is 24.2 Å². The first-order valence-electron chi connectivity index (χ1n) is 12.1. The summed E-state index contributed by atoms with van der Waals surface area (Å²) in [4.78, 5) is 27.0. The van der Waals surface area contributed by atoms with Crippen molar-refractivity contribution in [1.82, 2.24) is 5.16 Å². The molecule has 1 aromatic carbocycles. The van der Waals surface area contributed by atoms with Gasteiger partial charge in [-0.2, -0.15) is 5.26 Å². The number of ether oxygens (including phenoxy) is 1. The van der Waals surface area contributed by atoms with Crippen molar-refractivity contribution in [3.05, 3.63) is 74.3 Å². The van der Waals surface area contributed by atoms with Crippen LogP contribution in [-0.2, 0) is 40.0 Å². The van der Waals surface area contributed by atoms with Crippen molar-refractivity contribution in [2.24, 2.45) is 5.92 Å². The van der Waals surface area contributed by atoms with Crippen molar-refractivity contribution in [3.63, 3.8) is 0 Å². The van der Waals surface area contributed by atoms with E-state index < -0.39 is 0 Å². The van der Waals surface area contributed by atoms with Gasteiger partial charge in [0.2, 0.25) is 0 Å². The Hall–Kier alpha value is -3.24. The average Bonchev–Trinajstić information content (AvgIpc) is 3.43. The SMILES string of the molecule is Cc1cc(CCC(=O)OCC2CCc3c(sc(CC(=O)CC(C)c4ccccc4)c3C#N)C2)no1. The second-order valence-electron chi connectivity index (χ2n) is 9.37. The molecule has 0 amide bonds. The molecule has 0 spiro atoms. The normalized spacial score (nSPS) is 15.7. The number of Topliss-reactive ketones (excluding diaryl/α,β-unsaturated/α-hetero) is 1. The maximum absolute atomic E-state index is 12.8. The minimum Gasteiger partial charge on any atom is -0.465 e. The van der Waals surface area contributed by atoms with Gasteiger partial charge in [0.05, 0.1) is 24.3 Å². The van der Waals surface area contributed by atoms with Gasteiger partial charge in [0.1, 0.15) is 17.6 Å². The van der Waals surface area contributed by atoms with E-state index in [1.807, 2.05) is 43.3 Å². The number of hydrogen-bond acceptors (Lipinski definition) is 7. The summed E-state index contributed by atoms with van der Waals surface area (Å²) < 4.78 is 10.6. The Morgan fingerprint density at radius 1 is 1.31 bits per heavy atom. The van der Waals surface area contributed by atoms with Gasteiger partial charge in [-0.25, -0.2) is 0 Å². The minimum atomic E-state index is -0.237. The van der Waals surface area contributed by atoms with Crippen LogP contribution in [0.4, 0.5) is 0 Å². The molecule has 2 heterocycles. The zero-order chi connectivity index (χ0) is 24.8. The highest BCUT2D eigenvalue weighted by Gasteiger charge is 2.27. The predicted octanol–water partition coefficient (Wildman–Crippen LogP) is 5.50. The highest BCUT2D eigenvalue weighted by atomic mass is 32.1. The van der Waals surface area contributed by atoms with Crippen LogP contribution in [0.25, 0.3) is 0 Å². The molecule has 1 aliphatic rings. The van der Waals surface area contributed by atoms with E-state index in [9.17, 15) is 14.9 Å². The lowest BCUT2D eigenvalue weighted by atomic mass is 9.87. The third kappa shape index (κ3) is 6.46. The molecule has 182 valence electrons. The van der Waals surface area contributed by atoms with E-state index in [1.54, 1.807) is 11.3 Å². The highest BCUT2D eigenvalue weighted by Crippen LogP contribution is 2.37. The van der Waals surface area contributed by atoms with Gasteiger partial charge in [0, 0.05) is 35.1 Å². The lowest BCUT2D eigenvalue weighted by molar-refractivity contribution is -0.145. The first-order chi connectivity index (χ1) is 16.9. The third-order valence-electron chi connectivity index (χ3n) is 6.55. The van der Waals surface area contributed by atoms with Gasteiger partial charge in [0.15, 0.2) is 0 Å². The molecule has 0 saturated carbocycles. The van der Waals surface area contributed by atoms with Crippen LogP contribution in [0.3, 0.4) is 0 Å². The number of nitriles is 1. The molecule has 0 bridgehead atoms. The van der Waals surface area contributed by atoms with Gasteiger partial charge < -0.3 is 9.26 Å². The quantitative estimate of drug-likeness (QED) is 0.348. The Kier molecular flexibility index (Phi) is 8.14. The number of carbonyl (C=O) groups excluding carboxylic acids is 2. The lowest BCUT2D eigenvalue weighted by Crippen LogP contribution is -2.20. The maximum Gasteiger partial charge on any atom is 0.306 e. The van der Waals surface area contributed by atoms with Crippen molar-refractivity contribution >= 4 is 23.1 Å². The van der Waals surface area contributed by atoms with Gasteiger partial charge in [-0.15, -0.1) is 11.3 Å². The number of rotatable bonds is 10. The molecule has 2 aromatic heterocycles. The standard InChI is InChI=1S/C28H30N2O4S/c1-18(21-6-4-3-5-7-21)12-23(31)15-27-25(16-29)24-10-8-20(14-26(24)35-27)17-33-28(32)11-9-22-13-19(2)34-30-22/h3-7,13,18,20H,8-12,14-15,17H2,1-2H3. The van der Waals surface area contributed by atoms with E-state index in [4.69, 9.17) is 9.26 Å². The van der Waals surface area contributed by atoms with E-state index in [1.165, 1.54) is 0 Å². The third-order valence-corrected chi connectivity index (χ3v) is 7.81. The second kappa shape index (κ2) is 11.5. The van der Waals surface area contributed by atoms with Crippen molar-refractivity contribution in [1.29, 1.82) is 5.26 Å². The lowest BCUT2D eigenvalue weighted by Gasteiger charge is -2.21. The fourth-order valence-electron chi connectivity index (χ4n) is 4.65. The smallest absolute Gasteiger partial charge is 0.306 e. The summed E-state index contributed by atoms with van der Waals surface area (Å²) in [5.41, 5.74) is 3.68. The summed E-state index contributed by atoms with van der Waals surface area (Å²) >= 11 is 1.58. The number of aromatic nitrogens is 1. The van der Waals surface area contributed by atoms with E-state index in [0.29, 0.717) is 31.4 Å². The molecule has 2 unspecified atom stereocenters. The van der Waals surface area contributed by atoms with E-state index in [-0.39, 0.29) is 30.0 Å². The zero-order valence-corrected chi connectivity index (χ0v) is 21.0. The van der Waals surface area contributed by atoms with Gasteiger partial charge in [-0.1, -0.05) is 42.4 Å². The van der Waals surface area contributed by atoms with Gasteiger partial charge in [-0.05, 0) is 49.1 Å². The molecular weight excluding hydrogens is 460 g/mol. The van der Waals surface area contributed by atoms with Crippen molar-refractivity contribution in [3.8, 4) is 6.07 Å². The first kappa shape index (κ1) is 24.9. The molecule has 0 fully saturated rings. The van der Waals surface area contributed by atoms with Crippen LogP contribution < -0.4 is 0 Å². The van der Waals surface area contributed by atoms with Crippen LogP contribution in [0.1, 0.15) is 70.0 Å². The van der Waals surface area contributed by atoms with Gasteiger partial charge in [0.25, 0.3) is 0 Å². The molecule has 0 N–H and O–H groups in total. The Labute approximate surface area is 209 Å². The topological polar surface area (TPSA) is 93.2 Å². The Bertz CT molecular complexity index is 1220. The summed E-state index contributed by atoms with van der Waals surface area (Å²) in [6, 6.07) is 14.2. The van der Waals surface area contributed by atoms with Crippen molar-refractivity contribution in [2.75, 3.05) is 6.61 Å². The summed E-state index contributed by atoms with van der Waals surface area (Å²) in [6.45, 7) is 4.26. The van der Waals surface area contributed by atoms with Gasteiger partial charge in [-0.3, -0.25) is 9.59 Å². The van der Waals surface area contributed by atoms with E-state index in [2.05, 4.69) is 18.1 Å². The summed E-state index contributed by atoms with van der Waals surface area (Å²) in [5, 5.41) is 13.7. The number of carbonyl (C=O) groups is 2. The number of benzene rings is 1. The molecule has 1 aliphatic carbocycles. The molecule has 0 radical (unpaired) electrons. The Morgan fingerprint density at radius 3 is 2.83 bits per heavy atom. The zero-order valence-electron chi connectivity index (χ0n) is 20.2. The van der Waals surface area contributed by atoms with Crippen LogP contribution >= 0.6 is 11.3 Å². The number of thiophene rings is 1. The number of ketones is 1. The largest absolute Gasteiger partial charge is 0.465 e. The molecule has 7 heteroatoms. The van der Waals surface area contributed by atoms with E-state index in [0.717, 1.165) is 51.6 Å². The summed E-state index contributed by atoms with van der Waals surface area (Å²) in [6.07, 6.45) is 3.97. The fraction of sp³-hybridized carbons (Fsp3) is 0.429. The average molecular weight is 491 g/mol. The Balaban J connectivity index is 1.30. The van der Waals surface area contributed by atoms with Gasteiger partial charge >= 0.3 is 5.97 Å². The number of nitrogens with zero attached hydrogens (tertiary/aromatic N) is 2. The molecule has 0 aliphatic heterocycles. The Morgan fingerprint density at radius 2 is 2.11 bits per heavy atom. The molecule has 6 nitrogen and oxygen atoms in total. The number of hydrogen-bond donors (Lipinski definition) is 0. The van der Waals surface area contributed by atoms with Crippen LogP contribution in [0.5, 0.6) is 0 Å². The predicted molar refractivity (Wildman–Crippen MR) is 133 cm³/mol.